The summed E-state index contributed by atoms with van der Waals surface area (Å²) in [5.41, 5.74) is 7.67. The quantitative estimate of drug-likeness (QED) is 0.515. The van der Waals surface area contributed by atoms with Crippen molar-refractivity contribution >= 4 is 0 Å². The number of allylic oxidation sites excluding steroid dienone is 11. The van der Waals surface area contributed by atoms with Gasteiger partial charge in [0.2, 0.25) is 0 Å². The van der Waals surface area contributed by atoms with E-state index in [1.54, 1.807) is 6.08 Å². The summed E-state index contributed by atoms with van der Waals surface area (Å²) in [6.45, 7) is 26.8. The highest BCUT2D eigenvalue weighted by molar-refractivity contribution is 5.47. The van der Waals surface area contributed by atoms with E-state index in [1.165, 1.54) is 34.3 Å². The summed E-state index contributed by atoms with van der Waals surface area (Å²) in [4.78, 5) is 0. The molecule has 1 nitrogen and oxygen atoms in total. The van der Waals surface area contributed by atoms with Crippen LogP contribution in [0.25, 0.3) is 0 Å². The van der Waals surface area contributed by atoms with Gasteiger partial charge in [0.25, 0.3) is 0 Å². The Morgan fingerprint density at radius 1 is 1.12 bits per heavy atom. The van der Waals surface area contributed by atoms with E-state index in [9.17, 15) is 0 Å². The Balaban J connectivity index is 0. The zero-order valence-electron chi connectivity index (χ0n) is 17.6. The third-order valence-corrected chi connectivity index (χ3v) is 4.30. The van der Waals surface area contributed by atoms with Crippen LogP contribution in [-0.4, -0.2) is 0 Å². The van der Waals surface area contributed by atoms with E-state index in [1.807, 2.05) is 0 Å². The van der Waals surface area contributed by atoms with Crippen LogP contribution in [0.4, 0.5) is 0 Å². The molecule has 0 aromatic heterocycles. The van der Waals surface area contributed by atoms with Crippen molar-refractivity contribution in [2.45, 2.75) is 61.3 Å². The maximum atomic E-state index is 4.16. The molecular formula is C24H39N. The van der Waals surface area contributed by atoms with Gasteiger partial charge in [-0.3, -0.25) is 0 Å². The van der Waals surface area contributed by atoms with Gasteiger partial charge >= 0.3 is 0 Å². The van der Waals surface area contributed by atoms with Crippen LogP contribution in [-0.2, 0) is 0 Å². The summed E-state index contributed by atoms with van der Waals surface area (Å²) in [5.74, 6) is 0. The molecule has 0 saturated heterocycles. The van der Waals surface area contributed by atoms with E-state index in [0.29, 0.717) is 0 Å². The van der Waals surface area contributed by atoms with E-state index < -0.39 is 0 Å². The van der Waals surface area contributed by atoms with Crippen LogP contribution in [0.5, 0.6) is 0 Å². The van der Waals surface area contributed by atoms with Gasteiger partial charge in [0.1, 0.15) is 0 Å². The van der Waals surface area contributed by atoms with Crippen LogP contribution < -0.4 is 6.15 Å². The molecule has 0 bridgehead atoms. The SMILES string of the molecule is C=C(C(=C/C)/C(C)=C\C)C(C)(C)C.C=CC(=C)C1=CCCC(C)=C1.N. The van der Waals surface area contributed by atoms with Gasteiger partial charge in [-0.05, 0) is 73.8 Å². The topological polar surface area (TPSA) is 35.0 Å². The first-order valence-electron chi connectivity index (χ1n) is 8.76. The minimum atomic E-state index is 0. The van der Waals surface area contributed by atoms with Crippen molar-refractivity contribution in [3.05, 3.63) is 83.6 Å². The van der Waals surface area contributed by atoms with Crippen molar-refractivity contribution in [3.63, 3.8) is 0 Å². The molecule has 0 fully saturated rings. The summed E-state index contributed by atoms with van der Waals surface area (Å²) in [6.07, 6.45) is 12.8. The third-order valence-electron chi connectivity index (χ3n) is 4.30. The van der Waals surface area contributed by atoms with Crippen molar-refractivity contribution in [2.75, 3.05) is 0 Å². The number of hydrogen-bond donors (Lipinski definition) is 1. The van der Waals surface area contributed by atoms with Gasteiger partial charge in [-0.2, -0.15) is 0 Å². The van der Waals surface area contributed by atoms with E-state index in [4.69, 9.17) is 0 Å². The Morgan fingerprint density at radius 3 is 2.04 bits per heavy atom. The maximum absolute atomic E-state index is 4.16. The molecule has 0 saturated carbocycles. The molecule has 1 aliphatic rings. The fraction of sp³-hybridized carbons (Fsp3) is 0.417. The average Bonchev–Trinajstić information content (AvgIpc) is 2.54. The number of hydrogen-bond acceptors (Lipinski definition) is 1. The average molecular weight is 342 g/mol. The van der Waals surface area contributed by atoms with Crippen LogP contribution in [0.2, 0.25) is 0 Å². The summed E-state index contributed by atoms with van der Waals surface area (Å²) in [6, 6.07) is 0. The second-order valence-electron chi connectivity index (χ2n) is 7.32. The molecule has 1 aliphatic carbocycles. The van der Waals surface area contributed by atoms with Crippen molar-refractivity contribution in [2.24, 2.45) is 5.41 Å². The van der Waals surface area contributed by atoms with Crippen LogP contribution >= 0.6 is 0 Å². The van der Waals surface area contributed by atoms with Crippen molar-refractivity contribution in [1.29, 1.82) is 0 Å². The van der Waals surface area contributed by atoms with Crippen LogP contribution in [0.3, 0.4) is 0 Å². The lowest BCUT2D eigenvalue weighted by molar-refractivity contribution is 0.513. The molecule has 0 atom stereocenters. The molecule has 0 unspecified atom stereocenters. The van der Waals surface area contributed by atoms with E-state index in [-0.39, 0.29) is 11.6 Å². The van der Waals surface area contributed by atoms with Crippen LogP contribution in [0.15, 0.2) is 83.6 Å². The van der Waals surface area contributed by atoms with Crippen molar-refractivity contribution < 1.29 is 0 Å². The Morgan fingerprint density at radius 2 is 1.68 bits per heavy atom. The van der Waals surface area contributed by atoms with E-state index in [2.05, 4.69) is 92.5 Å². The first-order valence-corrected chi connectivity index (χ1v) is 8.76. The predicted molar refractivity (Wildman–Crippen MR) is 117 cm³/mol. The van der Waals surface area contributed by atoms with Gasteiger partial charge in [-0.1, -0.05) is 76.5 Å². The highest BCUT2D eigenvalue weighted by atomic mass is 14.2. The monoisotopic (exact) mass is 341 g/mol. The first-order chi connectivity index (χ1) is 11.1. The summed E-state index contributed by atoms with van der Waals surface area (Å²) < 4.78 is 0. The first kappa shape index (κ1) is 25.4. The maximum Gasteiger partial charge on any atom is -0.0132 e. The second-order valence-corrected chi connectivity index (χ2v) is 7.32. The zero-order valence-corrected chi connectivity index (χ0v) is 17.6. The molecular weight excluding hydrogens is 302 g/mol. The molecule has 0 heterocycles. The Bertz CT molecular complexity index is 598. The second kappa shape index (κ2) is 11.7. The highest BCUT2D eigenvalue weighted by Gasteiger charge is 2.18. The fourth-order valence-electron chi connectivity index (χ4n) is 2.39. The fourth-order valence-corrected chi connectivity index (χ4v) is 2.39. The van der Waals surface area contributed by atoms with Crippen LogP contribution in [0, 0.1) is 5.41 Å². The van der Waals surface area contributed by atoms with Crippen molar-refractivity contribution in [1.82, 2.24) is 6.15 Å². The minimum absolute atomic E-state index is 0. The molecule has 1 rings (SSSR count). The summed E-state index contributed by atoms with van der Waals surface area (Å²) in [5, 5.41) is 0. The molecule has 25 heavy (non-hydrogen) atoms. The van der Waals surface area contributed by atoms with Crippen molar-refractivity contribution in [3.8, 4) is 0 Å². The molecule has 140 valence electrons. The lowest BCUT2D eigenvalue weighted by Crippen LogP contribution is -2.11. The van der Waals surface area contributed by atoms with Gasteiger partial charge in [-0.15, -0.1) is 0 Å². The van der Waals surface area contributed by atoms with E-state index >= 15 is 0 Å². The molecule has 0 radical (unpaired) electrons. The zero-order chi connectivity index (χ0) is 18.9. The van der Waals surface area contributed by atoms with Gasteiger partial charge in [-0.25, -0.2) is 0 Å². The Hall–Kier alpha value is -1.86. The van der Waals surface area contributed by atoms with Gasteiger partial charge in [0, 0.05) is 0 Å². The number of rotatable bonds is 4. The lowest BCUT2D eigenvalue weighted by Gasteiger charge is -2.24. The summed E-state index contributed by atoms with van der Waals surface area (Å²) in [7, 11) is 0. The molecule has 0 aromatic carbocycles. The Labute approximate surface area is 156 Å². The Kier molecular flexibility index (Phi) is 11.8. The smallest absolute Gasteiger partial charge is 0.0132 e. The normalized spacial score (nSPS) is 15.0. The molecule has 1 heteroatoms. The summed E-state index contributed by atoms with van der Waals surface area (Å²) >= 11 is 0. The molecule has 0 aromatic rings. The highest BCUT2D eigenvalue weighted by Crippen LogP contribution is 2.32. The van der Waals surface area contributed by atoms with Crippen LogP contribution in [0.1, 0.15) is 61.3 Å². The molecule has 0 spiro atoms. The van der Waals surface area contributed by atoms with Gasteiger partial charge in [0.15, 0.2) is 0 Å². The van der Waals surface area contributed by atoms with Gasteiger partial charge < -0.3 is 6.15 Å². The minimum Gasteiger partial charge on any atom is -0.344 e. The third kappa shape index (κ3) is 8.69. The van der Waals surface area contributed by atoms with Gasteiger partial charge in [0.05, 0.1) is 0 Å². The molecule has 0 amide bonds. The largest absolute Gasteiger partial charge is 0.344 e. The predicted octanol–water partition coefficient (Wildman–Crippen LogP) is 8.06. The molecule has 0 aliphatic heterocycles. The lowest BCUT2D eigenvalue weighted by atomic mass is 9.80. The standard InChI is InChI=1S/C13H22.C11H14.H3N/c1-8-10(3)12(9-2)11(4)13(5,6)7;1-4-10(3)11-7-5-6-9(2)8-11;/h8-9H,4H2,1-3,5-7H3;4,7-8H,1,3,5-6H2,2H3;1H3/b10-8-,12-9+;;. The van der Waals surface area contributed by atoms with E-state index in [0.717, 1.165) is 12.0 Å². The molecule has 3 N–H and O–H groups in total.